The summed E-state index contributed by atoms with van der Waals surface area (Å²) in [6, 6.07) is 5.59. The van der Waals surface area contributed by atoms with Crippen LogP contribution in [0.5, 0.6) is 11.5 Å². The van der Waals surface area contributed by atoms with E-state index in [0.29, 0.717) is 12.5 Å². The number of methoxy groups -OCH3 is 1. The van der Waals surface area contributed by atoms with Gasteiger partial charge in [-0.15, -0.1) is 12.4 Å². The van der Waals surface area contributed by atoms with Crippen LogP contribution in [0.2, 0.25) is 0 Å². The van der Waals surface area contributed by atoms with Gasteiger partial charge >= 0.3 is 0 Å². The Kier molecular flexibility index (Phi) is 7.13. The van der Waals surface area contributed by atoms with Crippen molar-refractivity contribution in [3.05, 3.63) is 23.8 Å². The fraction of sp³-hybridized carbons (Fsp3) is 0.600. The molecule has 1 aliphatic carbocycles. The summed E-state index contributed by atoms with van der Waals surface area (Å²) < 4.78 is 11.4. The van der Waals surface area contributed by atoms with Gasteiger partial charge in [-0.2, -0.15) is 0 Å². The fourth-order valence-electron chi connectivity index (χ4n) is 2.51. The molecule has 0 heterocycles. The summed E-state index contributed by atoms with van der Waals surface area (Å²) in [5.74, 6) is 1.51. The normalized spacial score (nSPS) is 16.6. The lowest BCUT2D eigenvalue weighted by Gasteiger charge is -2.18. The molecule has 114 valence electrons. The zero-order chi connectivity index (χ0) is 13.7. The maximum absolute atomic E-state index is 8.96. The molecule has 3 N–H and O–H groups in total. The number of halogens is 1. The van der Waals surface area contributed by atoms with E-state index in [0.717, 1.165) is 29.9 Å². The standard InChI is InChI=1S/C15H23NO3.ClH/c1-18-14-7-6-11(13(16)8-9-17)10-15(14)19-12-4-2-3-5-12;/h6-7,10,12-13,17H,2-5,8-9,16H2,1H3;1H. The summed E-state index contributed by atoms with van der Waals surface area (Å²) in [5, 5.41) is 8.96. The minimum absolute atomic E-state index is 0. The number of hydrogen-bond donors (Lipinski definition) is 2. The monoisotopic (exact) mass is 301 g/mol. The van der Waals surface area contributed by atoms with Crippen LogP contribution in [0.3, 0.4) is 0 Å². The topological polar surface area (TPSA) is 64.7 Å². The first-order valence-electron chi connectivity index (χ1n) is 6.95. The summed E-state index contributed by atoms with van der Waals surface area (Å²) >= 11 is 0. The van der Waals surface area contributed by atoms with Gasteiger partial charge in [-0.25, -0.2) is 0 Å². The molecule has 20 heavy (non-hydrogen) atoms. The Morgan fingerprint density at radius 1 is 1.30 bits per heavy atom. The van der Waals surface area contributed by atoms with Crippen molar-refractivity contribution < 1.29 is 14.6 Å². The minimum Gasteiger partial charge on any atom is -0.493 e. The van der Waals surface area contributed by atoms with Crippen LogP contribution in [-0.2, 0) is 0 Å². The third kappa shape index (κ3) is 4.27. The van der Waals surface area contributed by atoms with Crippen molar-refractivity contribution in [2.45, 2.75) is 44.2 Å². The van der Waals surface area contributed by atoms with Gasteiger partial charge in [-0.05, 0) is 49.8 Å². The molecule has 0 radical (unpaired) electrons. The largest absolute Gasteiger partial charge is 0.493 e. The van der Waals surface area contributed by atoms with E-state index in [2.05, 4.69) is 0 Å². The van der Waals surface area contributed by atoms with Crippen LogP contribution in [-0.4, -0.2) is 24.9 Å². The van der Waals surface area contributed by atoms with Crippen molar-refractivity contribution in [1.29, 1.82) is 0 Å². The number of aliphatic hydroxyl groups excluding tert-OH is 1. The molecule has 0 aromatic heterocycles. The first-order chi connectivity index (χ1) is 9.24. The number of ether oxygens (including phenoxy) is 2. The molecular formula is C15H24ClNO3. The molecule has 0 saturated heterocycles. The highest BCUT2D eigenvalue weighted by molar-refractivity contribution is 5.85. The maximum atomic E-state index is 8.96. The van der Waals surface area contributed by atoms with Crippen LogP contribution in [0, 0.1) is 0 Å². The molecule has 0 aliphatic heterocycles. The SMILES string of the molecule is COc1ccc(C(N)CCO)cc1OC1CCCC1.Cl. The first-order valence-corrected chi connectivity index (χ1v) is 6.95. The zero-order valence-electron chi connectivity index (χ0n) is 11.9. The van der Waals surface area contributed by atoms with E-state index in [-0.39, 0.29) is 25.1 Å². The van der Waals surface area contributed by atoms with Crippen molar-refractivity contribution in [3.8, 4) is 11.5 Å². The molecular weight excluding hydrogens is 278 g/mol. The van der Waals surface area contributed by atoms with Crippen molar-refractivity contribution in [2.75, 3.05) is 13.7 Å². The number of hydrogen-bond acceptors (Lipinski definition) is 4. The van der Waals surface area contributed by atoms with Crippen molar-refractivity contribution in [1.82, 2.24) is 0 Å². The highest BCUT2D eigenvalue weighted by Crippen LogP contribution is 2.33. The average Bonchev–Trinajstić information content (AvgIpc) is 2.92. The maximum Gasteiger partial charge on any atom is 0.161 e. The Balaban J connectivity index is 0.00000200. The highest BCUT2D eigenvalue weighted by Gasteiger charge is 2.19. The highest BCUT2D eigenvalue weighted by atomic mass is 35.5. The van der Waals surface area contributed by atoms with E-state index in [1.54, 1.807) is 7.11 Å². The molecule has 4 nitrogen and oxygen atoms in total. The third-order valence-corrected chi connectivity index (χ3v) is 3.65. The minimum atomic E-state index is -0.165. The Bertz CT molecular complexity index is 408. The van der Waals surface area contributed by atoms with Gasteiger partial charge < -0.3 is 20.3 Å². The Morgan fingerprint density at radius 3 is 2.60 bits per heavy atom. The van der Waals surface area contributed by atoms with Crippen LogP contribution >= 0.6 is 12.4 Å². The molecule has 1 aromatic carbocycles. The molecule has 1 saturated carbocycles. The van der Waals surface area contributed by atoms with Crippen LogP contribution in [0.15, 0.2) is 18.2 Å². The molecule has 0 amide bonds. The summed E-state index contributed by atoms with van der Waals surface area (Å²) in [6.45, 7) is 0.0893. The molecule has 1 aliphatic rings. The van der Waals surface area contributed by atoms with E-state index in [1.165, 1.54) is 12.8 Å². The van der Waals surface area contributed by atoms with Crippen molar-refractivity contribution in [2.24, 2.45) is 5.73 Å². The third-order valence-electron chi connectivity index (χ3n) is 3.65. The molecule has 1 aromatic rings. The Labute approximate surface area is 126 Å². The summed E-state index contributed by atoms with van der Waals surface area (Å²) in [5.41, 5.74) is 6.99. The molecule has 1 atom stereocenters. The molecule has 1 unspecified atom stereocenters. The molecule has 2 rings (SSSR count). The zero-order valence-corrected chi connectivity index (χ0v) is 12.7. The number of nitrogens with two attached hydrogens (primary N) is 1. The smallest absolute Gasteiger partial charge is 0.161 e. The van der Waals surface area contributed by atoms with Gasteiger partial charge in [0, 0.05) is 12.6 Å². The lowest BCUT2D eigenvalue weighted by Crippen LogP contribution is -2.14. The van der Waals surface area contributed by atoms with E-state index >= 15 is 0 Å². The first kappa shape index (κ1) is 17.1. The van der Waals surface area contributed by atoms with E-state index in [4.69, 9.17) is 20.3 Å². The second-order valence-corrected chi connectivity index (χ2v) is 5.05. The van der Waals surface area contributed by atoms with Gasteiger partial charge in [0.2, 0.25) is 0 Å². The predicted molar refractivity (Wildman–Crippen MR) is 81.8 cm³/mol. The van der Waals surface area contributed by atoms with Crippen molar-refractivity contribution in [3.63, 3.8) is 0 Å². The van der Waals surface area contributed by atoms with E-state index < -0.39 is 0 Å². The van der Waals surface area contributed by atoms with Gasteiger partial charge in [-0.1, -0.05) is 6.07 Å². The quantitative estimate of drug-likeness (QED) is 0.848. The Morgan fingerprint density at radius 2 is 2.00 bits per heavy atom. The molecule has 0 spiro atoms. The van der Waals surface area contributed by atoms with Gasteiger partial charge in [0.05, 0.1) is 13.2 Å². The van der Waals surface area contributed by atoms with Gasteiger partial charge in [0.15, 0.2) is 11.5 Å². The lowest BCUT2D eigenvalue weighted by molar-refractivity contribution is 0.200. The van der Waals surface area contributed by atoms with Crippen LogP contribution in [0.1, 0.15) is 43.7 Å². The summed E-state index contributed by atoms with van der Waals surface area (Å²) in [7, 11) is 1.64. The second kappa shape index (κ2) is 8.35. The van der Waals surface area contributed by atoms with E-state index in [1.807, 2.05) is 18.2 Å². The number of benzene rings is 1. The molecule has 5 heteroatoms. The van der Waals surface area contributed by atoms with Gasteiger partial charge in [0.1, 0.15) is 0 Å². The molecule has 0 bridgehead atoms. The summed E-state index contributed by atoms with van der Waals surface area (Å²) in [6.07, 6.45) is 5.52. The predicted octanol–water partition coefficient (Wildman–Crippen LogP) is 2.82. The lowest BCUT2D eigenvalue weighted by atomic mass is 10.0. The van der Waals surface area contributed by atoms with Crippen LogP contribution in [0.25, 0.3) is 0 Å². The second-order valence-electron chi connectivity index (χ2n) is 5.05. The number of aliphatic hydroxyl groups is 1. The van der Waals surface area contributed by atoms with Crippen molar-refractivity contribution >= 4 is 12.4 Å². The van der Waals surface area contributed by atoms with Gasteiger partial charge in [0.25, 0.3) is 0 Å². The summed E-state index contributed by atoms with van der Waals surface area (Å²) in [4.78, 5) is 0. The molecule has 1 fully saturated rings. The van der Waals surface area contributed by atoms with Crippen LogP contribution in [0.4, 0.5) is 0 Å². The van der Waals surface area contributed by atoms with E-state index in [9.17, 15) is 0 Å². The van der Waals surface area contributed by atoms with Gasteiger partial charge in [-0.3, -0.25) is 0 Å². The van der Waals surface area contributed by atoms with Crippen LogP contribution < -0.4 is 15.2 Å². The fourth-order valence-corrected chi connectivity index (χ4v) is 2.51. The Hall–Kier alpha value is -0.970. The number of rotatable bonds is 6. The average molecular weight is 302 g/mol.